The maximum Gasteiger partial charge on any atom is 0.235 e. The number of allylic oxidation sites excluding steroid dienone is 1. The van der Waals surface area contributed by atoms with Gasteiger partial charge in [-0.3, -0.25) is 4.79 Å². The molecule has 0 saturated heterocycles. The van der Waals surface area contributed by atoms with Gasteiger partial charge >= 0.3 is 0 Å². The van der Waals surface area contributed by atoms with Crippen molar-refractivity contribution in [2.75, 3.05) is 6.54 Å². The van der Waals surface area contributed by atoms with Crippen LogP contribution in [-0.2, 0) is 37.5 Å². The van der Waals surface area contributed by atoms with Crippen LogP contribution in [0.3, 0.4) is 0 Å². The average Bonchev–Trinajstić information content (AvgIpc) is 2.33. The van der Waals surface area contributed by atoms with E-state index < -0.39 is 0 Å². The zero-order valence-electron chi connectivity index (χ0n) is 10.3. The fraction of sp³-hybridized carbons (Fsp3) is 0.308. The number of hydrogen-bond donors (Lipinski definition) is 0. The normalized spacial score (nSPS) is 18.9. The summed E-state index contributed by atoms with van der Waals surface area (Å²) in [6.45, 7) is 2.44. The molecule has 1 unspecified atom stereocenters. The molecule has 1 aliphatic heterocycles. The second-order valence-electron chi connectivity index (χ2n) is 3.90. The van der Waals surface area contributed by atoms with Crippen molar-refractivity contribution in [2.24, 2.45) is 0 Å². The van der Waals surface area contributed by atoms with Gasteiger partial charge in [0.15, 0.2) is 0 Å². The summed E-state index contributed by atoms with van der Waals surface area (Å²) >= 11 is 8.13. The molecular formula is C13H11ClFINOY-. The van der Waals surface area contributed by atoms with Crippen molar-refractivity contribution >= 4 is 45.8 Å². The van der Waals surface area contributed by atoms with Gasteiger partial charge in [0.1, 0.15) is 5.82 Å². The quantitative estimate of drug-likeness (QED) is 0.369. The van der Waals surface area contributed by atoms with E-state index in [9.17, 15) is 9.18 Å². The van der Waals surface area contributed by atoms with Gasteiger partial charge in [0.05, 0.1) is 3.92 Å². The van der Waals surface area contributed by atoms with Crippen molar-refractivity contribution < 1.29 is 41.9 Å². The number of carbonyl (C=O) groups is 1. The third-order valence-corrected chi connectivity index (χ3v) is 4.04. The van der Waals surface area contributed by atoms with Crippen LogP contribution in [0, 0.1) is 11.9 Å². The molecule has 1 radical (unpaired) electrons. The number of nitrogens with zero attached hydrogens (tertiary/aromatic N) is 1. The van der Waals surface area contributed by atoms with Crippen LogP contribution in [0.5, 0.6) is 0 Å². The largest absolute Gasteiger partial charge is 0.347 e. The molecule has 0 saturated carbocycles. The maximum atomic E-state index is 13.0. The second-order valence-corrected chi connectivity index (χ2v) is 5.81. The molecule has 19 heavy (non-hydrogen) atoms. The van der Waals surface area contributed by atoms with Crippen molar-refractivity contribution in [3.05, 3.63) is 40.7 Å². The van der Waals surface area contributed by atoms with Crippen LogP contribution in [0.4, 0.5) is 4.39 Å². The van der Waals surface area contributed by atoms with Gasteiger partial charge in [0.25, 0.3) is 0 Å². The standard InChI is InChI=1S/C13H11ClFINO.Y/c1-2-17-12(6-5-11(16)13(17)18)9-4-3-8(15)7-10(9)14;/h3-4,7,11H,2,5H2,1H3;/q-1;. The zero-order chi connectivity index (χ0) is 13.3. The van der Waals surface area contributed by atoms with E-state index in [1.165, 1.54) is 12.1 Å². The van der Waals surface area contributed by atoms with Gasteiger partial charge in [-0.05, 0) is 24.1 Å². The number of amides is 1. The molecule has 2 rings (SSSR count). The molecule has 0 bridgehead atoms. The first-order valence-corrected chi connectivity index (χ1v) is 7.18. The Bertz CT molecular complexity index is 523. The van der Waals surface area contributed by atoms with Crippen LogP contribution in [0.1, 0.15) is 18.9 Å². The van der Waals surface area contributed by atoms with Gasteiger partial charge in [-0.1, -0.05) is 29.0 Å². The summed E-state index contributed by atoms with van der Waals surface area (Å²) in [5, 5.41) is 0.302. The fourth-order valence-corrected chi connectivity index (χ4v) is 2.70. The predicted octanol–water partition coefficient (Wildman–Crippen LogP) is 3.68. The number of halogens is 3. The molecular weight excluding hydrogens is 456 g/mol. The van der Waals surface area contributed by atoms with Crippen LogP contribution in [-0.4, -0.2) is 21.3 Å². The molecule has 0 aromatic heterocycles. The Morgan fingerprint density at radius 2 is 2.26 bits per heavy atom. The fourth-order valence-electron chi connectivity index (χ4n) is 1.88. The molecule has 1 aromatic carbocycles. The first kappa shape index (κ1) is 17.5. The van der Waals surface area contributed by atoms with Crippen LogP contribution in [0.2, 0.25) is 5.02 Å². The third kappa shape index (κ3) is 3.77. The molecule has 1 heterocycles. The molecule has 0 N–H and O–H groups in total. The van der Waals surface area contributed by atoms with Crippen LogP contribution < -0.4 is 0 Å². The number of carbonyl (C=O) groups excluding carboxylic acids is 1. The number of alkyl halides is 1. The Morgan fingerprint density at radius 1 is 1.58 bits per heavy atom. The minimum Gasteiger partial charge on any atom is -0.347 e. The smallest absolute Gasteiger partial charge is 0.235 e. The minimum atomic E-state index is -0.388. The van der Waals surface area contributed by atoms with Crippen LogP contribution in [0.25, 0.3) is 5.70 Å². The van der Waals surface area contributed by atoms with Crippen molar-refractivity contribution in [1.29, 1.82) is 0 Å². The Labute approximate surface area is 155 Å². The van der Waals surface area contributed by atoms with E-state index in [1.54, 1.807) is 11.0 Å². The molecule has 1 aliphatic rings. The van der Waals surface area contributed by atoms with E-state index in [2.05, 4.69) is 28.7 Å². The van der Waals surface area contributed by atoms with Crippen molar-refractivity contribution in [1.82, 2.24) is 4.90 Å². The van der Waals surface area contributed by atoms with Gasteiger partial charge in [-0.2, -0.15) is 0 Å². The topological polar surface area (TPSA) is 20.3 Å². The molecule has 0 aliphatic carbocycles. The van der Waals surface area contributed by atoms with Gasteiger partial charge in [0, 0.05) is 39.3 Å². The molecule has 0 spiro atoms. The zero-order valence-corrected chi connectivity index (χ0v) is 16.0. The van der Waals surface area contributed by atoms with E-state index in [1.807, 2.05) is 6.92 Å². The molecule has 0 fully saturated rings. The molecule has 1 aromatic rings. The first-order chi connectivity index (χ1) is 8.54. The molecule has 99 valence electrons. The summed E-state index contributed by atoms with van der Waals surface area (Å²) in [5.41, 5.74) is 1.30. The monoisotopic (exact) mass is 467 g/mol. The Hall–Kier alpha value is 0.484. The van der Waals surface area contributed by atoms with E-state index in [-0.39, 0.29) is 48.4 Å². The van der Waals surface area contributed by atoms with Crippen molar-refractivity contribution in [2.45, 2.75) is 17.3 Å². The van der Waals surface area contributed by atoms with Gasteiger partial charge in [-0.25, -0.2) is 10.5 Å². The number of rotatable bonds is 2. The van der Waals surface area contributed by atoms with E-state index >= 15 is 0 Å². The summed E-state index contributed by atoms with van der Waals surface area (Å²) in [7, 11) is 0. The predicted molar refractivity (Wildman–Crippen MR) is 77.9 cm³/mol. The number of hydrogen-bond acceptors (Lipinski definition) is 1. The minimum absolute atomic E-state index is 0. The number of benzene rings is 1. The summed E-state index contributed by atoms with van der Waals surface area (Å²) < 4.78 is 12.9. The Morgan fingerprint density at radius 3 is 2.84 bits per heavy atom. The summed E-state index contributed by atoms with van der Waals surface area (Å²) in [5.74, 6) is -0.339. The third-order valence-electron chi connectivity index (χ3n) is 2.76. The van der Waals surface area contributed by atoms with Crippen molar-refractivity contribution in [3.63, 3.8) is 0 Å². The Balaban J connectivity index is 0.00000180. The first-order valence-electron chi connectivity index (χ1n) is 5.56. The summed E-state index contributed by atoms with van der Waals surface area (Å²) in [4.78, 5) is 13.7. The van der Waals surface area contributed by atoms with Crippen molar-refractivity contribution in [3.8, 4) is 0 Å². The molecule has 1 atom stereocenters. The summed E-state index contributed by atoms with van der Waals surface area (Å²) in [6.07, 6.45) is 3.74. The van der Waals surface area contributed by atoms with E-state index in [4.69, 9.17) is 11.6 Å². The van der Waals surface area contributed by atoms with Crippen LogP contribution >= 0.6 is 34.2 Å². The van der Waals surface area contributed by atoms with E-state index in [0.717, 1.165) is 0 Å². The average molecular weight is 467 g/mol. The van der Waals surface area contributed by atoms with E-state index in [0.29, 0.717) is 29.2 Å². The van der Waals surface area contributed by atoms with Gasteiger partial charge < -0.3 is 4.90 Å². The van der Waals surface area contributed by atoms with Gasteiger partial charge in [0.2, 0.25) is 5.91 Å². The molecule has 6 heteroatoms. The Kier molecular flexibility index (Phi) is 6.90. The van der Waals surface area contributed by atoms with Crippen LogP contribution in [0.15, 0.2) is 18.2 Å². The second kappa shape index (κ2) is 7.48. The maximum absolute atomic E-state index is 13.0. The van der Waals surface area contributed by atoms with Gasteiger partial charge in [-0.15, -0.1) is 28.9 Å². The summed E-state index contributed by atoms with van der Waals surface area (Å²) in [6, 6.07) is 4.17. The SMILES string of the molecule is CCN1C(=O)C(I)C[C-]=C1c1ccc(F)cc1Cl.[Y]. The molecule has 1 amide bonds. The molecule has 2 nitrogen and oxygen atoms in total.